The molecule has 0 heterocycles. The van der Waals surface area contributed by atoms with Gasteiger partial charge in [-0.15, -0.1) is 0 Å². The molecule has 0 unspecified atom stereocenters. The molecule has 0 saturated carbocycles. The summed E-state index contributed by atoms with van der Waals surface area (Å²) >= 11 is -4.29. The van der Waals surface area contributed by atoms with Crippen molar-refractivity contribution in [1.82, 2.24) is 0 Å². The van der Waals surface area contributed by atoms with Crippen molar-refractivity contribution in [2.75, 3.05) is 0 Å². The van der Waals surface area contributed by atoms with Crippen molar-refractivity contribution < 1.29 is 0 Å². The van der Waals surface area contributed by atoms with Crippen LogP contribution in [0, 0.1) is 0 Å². The van der Waals surface area contributed by atoms with E-state index in [1.807, 2.05) is 0 Å². The Bertz CT molecular complexity index is 273. The molecule has 0 fully saturated rings. The van der Waals surface area contributed by atoms with E-state index in [0.29, 0.717) is 0 Å². The molecule has 0 nitrogen and oxygen atoms in total. The van der Waals surface area contributed by atoms with Gasteiger partial charge >= 0.3 is 101 Å². The quantitative estimate of drug-likeness (QED) is 0.718. The van der Waals surface area contributed by atoms with Gasteiger partial charge in [-0.05, 0) is 0 Å². The van der Waals surface area contributed by atoms with Gasteiger partial charge in [-0.2, -0.15) is 0 Å². The summed E-state index contributed by atoms with van der Waals surface area (Å²) in [7, 11) is 12.8. The molecule has 14 heavy (non-hydrogen) atoms. The van der Waals surface area contributed by atoms with Crippen LogP contribution in [0.1, 0.15) is 0 Å². The predicted octanol–water partition coefficient (Wildman–Crippen LogP) is 2.99. The normalized spacial score (nSPS) is 13.0. The van der Waals surface area contributed by atoms with Crippen molar-refractivity contribution in [3.05, 3.63) is 24.3 Å². The van der Waals surface area contributed by atoms with Crippen LogP contribution in [-0.2, 0) is 0 Å². The second-order valence-electron chi connectivity index (χ2n) is 4.52. The van der Waals surface area contributed by atoms with Crippen molar-refractivity contribution in [3.63, 3.8) is 0 Å². The van der Waals surface area contributed by atoms with Gasteiger partial charge in [0.2, 0.25) is 0 Å². The fraction of sp³-hybridized carbons (Fsp3) is 0.400. The minimum absolute atomic E-state index is 1.33. The number of hydrogen-bond donors (Lipinski definition) is 0. The Morgan fingerprint density at radius 1 is 0.714 bits per heavy atom. The van der Waals surface area contributed by atoms with Crippen LogP contribution in [-0.4, -0.2) is 24.7 Å². The third-order valence-electron chi connectivity index (χ3n) is 2.26. The summed E-state index contributed by atoms with van der Waals surface area (Å²) < 4.78 is 2.66. The van der Waals surface area contributed by atoms with E-state index in [1.165, 1.54) is 8.79 Å². The van der Waals surface area contributed by atoms with Gasteiger partial charge in [0.1, 0.15) is 0 Å². The molecular weight excluding hydrogens is 336 g/mol. The Kier molecular flexibility index (Phi) is 4.07. The fourth-order valence-corrected chi connectivity index (χ4v) is 6.60. The SMILES string of the molecule is [CH3][Ge]([CH3])([Cl])[c]1cc[c]([Ge]([CH3])([CH3])[Cl])cc1. The van der Waals surface area contributed by atoms with Crippen molar-refractivity contribution in [3.8, 4) is 0 Å². The molecule has 0 aliphatic heterocycles. The minimum atomic E-state index is -2.15. The average Bonchev–Trinajstić information content (AvgIpc) is 2.01. The molecule has 0 aliphatic carbocycles. The van der Waals surface area contributed by atoms with Crippen molar-refractivity contribution in [2.24, 2.45) is 0 Å². The van der Waals surface area contributed by atoms with Crippen molar-refractivity contribution >= 4 is 53.5 Å². The van der Waals surface area contributed by atoms with Crippen LogP contribution in [0.15, 0.2) is 24.3 Å². The van der Waals surface area contributed by atoms with Crippen LogP contribution >= 0.6 is 20.0 Å². The summed E-state index contributed by atoms with van der Waals surface area (Å²) in [5, 5.41) is 0. The van der Waals surface area contributed by atoms with Gasteiger partial charge in [0, 0.05) is 0 Å². The molecule has 1 rings (SSSR count). The van der Waals surface area contributed by atoms with Crippen LogP contribution in [0.3, 0.4) is 0 Å². The molecule has 0 bridgehead atoms. The average molecular weight is 352 g/mol. The van der Waals surface area contributed by atoms with Crippen LogP contribution in [0.25, 0.3) is 0 Å². The van der Waals surface area contributed by atoms with Crippen LogP contribution in [0.2, 0.25) is 23.0 Å². The first kappa shape index (κ1) is 13.0. The molecule has 1 aromatic carbocycles. The maximum atomic E-state index is 6.39. The number of halogens is 2. The molecule has 0 aromatic heterocycles. The summed E-state index contributed by atoms with van der Waals surface area (Å²) in [5.41, 5.74) is 0. The van der Waals surface area contributed by atoms with E-state index in [2.05, 4.69) is 47.3 Å². The van der Waals surface area contributed by atoms with E-state index in [1.54, 1.807) is 0 Å². The summed E-state index contributed by atoms with van der Waals surface area (Å²) in [6.45, 7) is 0. The summed E-state index contributed by atoms with van der Waals surface area (Å²) in [6.07, 6.45) is 0. The van der Waals surface area contributed by atoms with Gasteiger partial charge < -0.3 is 0 Å². The fourth-order valence-electron chi connectivity index (χ4n) is 1.26. The third kappa shape index (κ3) is 3.48. The molecule has 0 aliphatic rings. The number of benzene rings is 1. The molecule has 0 saturated heterocycles. The zero-order chi connectivity index (χ0) is 11.0. The summed E-state index contributed by atoms with van der Waals surface area (Å²) in [6, 6.07) is 8.66. The second kappa shape index (κ2) is 4.40. The van der Waals surface area contributed by atoms with Crippen molar-refractivity contribution in [2.45, 2.75) is 23.0 Å². The number of hydrogen-bond acceptors (Lipinski definition) is 0. The van der Waals surface area contributed by atoms with E-state index >= 15 is 0 Å². The molecule has 1 aromatic rings. The van der Waals surface area contributed by atoms with Gasteiger partial charge in [0.05, 0.1) is 0 Å². The summed E-state index contributed by atoms with van der Waals surface area (Å²) in [5.74, 6) is 8.74. The molecule has 0 N–H and O–H groups in total. The standard InChI is InChI=1S/C10H16Cl2Ge2/c1-13(2,11)9-5-7-10(8-6-9)14(3,4)12/h5-8H,1-4H3. The number of rotatable bonds is 2. The molecule has 4 heteroatoms. The van der Waals surface area contributed by atoms with Gasteiger partial charge in [0.15, 0.2) is 0 Å². The van der Waals surface area contributed by atoms with E-state index in [-0.39, 0.29) is 0 Å². The van der Waals surface area contributed by atoms with Crippen LogP contribution in [0.4, 0.5) is 0 Å². The topological polar surface area (TPSA) is 0 Å². The Hall–Kier alpha value is 0.886. The molecular formula is C10H16Cl2Ge2. The zero-order valence-corrected chi connectivity index (χ0v) is 14.8. The van der Waals surface area contributed by atoms with Gasteiger partial charge in [0.25, 0.3) is 0 Å². The third-order valence-corrected chi connectivity index (χ3v) is 11.7. The van der Waals surface area contributed by atoms with E-state index in [9.17, 15) is 0 Å². The van der Waals surface area contributed by atoms with Crippen molar-refractivity contribution in [1.29, 1.82) is 0 Å². The monoisotopic (exact) mass is 354 g/mol. The molecule has 0 spiro atoms. The van der Waals surface area contributed by atoms with E-state index in [4.69, 9.17) is 20.0 Å². The summed E-state index contributed by atoms with van der Waals surface area (Å²) in [4.78, 5) is 0. The Balaban J connectivity index is 3.02. The second-order valence-corrected chi connectivity index (χ2v) is 29.1. The maximum absolute atomic E-state index is 6.39. The van der Waals surface area contributed by atoms with E-state index < -0.39 is 24.7 Å². The first-order valence-corrected chi connectivity index (χ1v) is 20.7. The first-order valence-electron chi connectivity index (χ1n) is 4.70. The molecule has 0 amide bonds. The van der Waals surface area contributed by atoms with Crippen LogP contribution in [0.5, 0.6) is 0 Å². The molecule has 0 atom stereocenters. The zero-order valence-electron chi connectivity index (χ0n) is 9.07. The molecule has 78 valence electrons. The van der Waals surface area contributed by atoms with E-state index in [0.717, 1.165) is 0 Å². The van der Waals surface area contributed by atoms with Crippen LogP contribution < -0.4 is 8.79 Å². The van der Waals surface area contributed by atoms with Gasteiger partial charge in [-0.3, -0.25) is 0 Å². The van der Waals surface area contributed by atoms with Gasteiger partial charge in [-0.25, -0.2) is 0 Å². The predicted molar refractivity (Wildman–Crippen MR) is 72.4 cm³/mol. The Morgan fingerprint density at radius 2 is 0.929 bits per heavy atom. The Labute approximate surface area is 100 Å². The first-order chi connectivity index (χ1) is 6.21. The van der Waals surface area contributed by atoms with Gasteiger partial charge in [-0.1, -0.05) is 0 Å². The Morgan fingerprint density at radius 3 is 1.07 bits per heavy atom. The molecule has 0 radical (unpaired) electrons.